The van der Waals surface area contributed by atoms with Crippen molar-refractivity contribution in [2.24, 2.45) is 4.99 Å². The van der Waals surface area contributed by atoms with Crippen molar-refractivity contribution in [3.8, 4) is 17.0 Å². The molecule has 2 aromatic rings. The van der Waals surface area contributed by atoms with Crippen LogP contribution in [0.15, 0.2) is 35.7 Å². The van der Waals surface area contributed by atoms with Gasteiger partial charge in [-0.25, -0.2) is 4.98 Å². The van der Waals surface area contributed by atoms with E-state index in [0.29, 0.717) is 0 Å². The number of anilines is 1. The smallest absolute Gasteiger partial charge is 0.142 e. The predicted octanol–water partition coefficient (Wildman–Crippen LogP) is 2.55. The summed E-state index contributed by atoms with van der Waals surface area (Å²) in [5.41, 5.74) is 2.88. The minimum absolute atomic E-state index is 0.752. The molecule has 0 atom stereocenters. The molecular weight excluding hydrogens is 228 g/mol. The standard InChI is InChI=1S/C13H16N4O/c1-3-14-8-16-11-5-4-10(6-13(11)18-2)12-7-15-9-17-12/h4-9H,3H2,1-2H3,(H,14,16)(H,15,17). The zero-order valence-electron chi connectivity index (χ0n) is 10.5. The van der Waals surface area contributed by atoms with Crippen LogP contribution in [-0.4, -0.2) is 30.0 Å². The van der Waals surface area contributed by atoms with Crippen LogP contribution in [0.5, 0.6) is 5.75 Å². The number of hydrogen-bond acceptors (Lipinski definition) is 3. The third-order valence-electron chi connectivity index (χ3n) is 2.50. The molecule has 0 aliphatic heterocycles. The maximum absolute atomic E-state index is 5.36. The van der Waals surface area contributed by atoms with E-state index in [4.69, 9.17) is 4.74 Å². The summed E-state index contributed by atoms with van der Waals surface area (Å²) in [6.07, 6.45) is 5.11. The minimum atomic E-state index is 0.752. The lowest BCUT2D eigenvalue weighted by Crippen LogP contribution is -1.98. The number of nitrogens with one attached hydrogen (secondary N) is 2. The molecule has 1 heterocycles. The van der Waals surface area contributed by atoms with Gasteiger partial charge in [0.15, 0.2) is 0 Å². The van der Waals surface area contributed by atoms with Crippen molar-refractivity contribution in [3.63, 3.8) is 0 Å². The molecule has 0 unspecified atom stereocenters. The summed E-state index contributed by atoms with van der Waals surface area (Å²) in [5, 5.41) is 3.10. The molecule has 0 aliphatic carbocycles. The van der Waals surface area contributed by atoms with Gasteiger partial charge in [-0.1, -0.05) is 6.07 Å². The van der Waals surface area contributed by atoms with Crippen LogP contribution >= 0.6 is 0 Å². The average molecular weight is 244 g/mol. The molecule has 5 heteroatoms. The third-order valence-corrected chi connectivity index (χ3v) is 2.50. The van der Waals surface area contributed by atoms with Gasteiger partial charge < -0.3 is 15.0 Å². The number of ether oxygens (including phenoxy) is 1. The van der Waals surface area contributed by atoms with Crippen LogP contribution in [0, 0.1) is 0 Å². The van der Waals surface area contributed by atoms with Crippen LogP contribution in [0.1, 0.15) is 6.92 Å². The fourth-order valence-electron chi connectivity index (χ4n) is 1.60. The minimum Gasteiger partial charge on any atom is -0.495 e. The Balaban J connectivity index is 2.26. The summed E-state index contributed by atoms with van der Waals surface area (Å²) in [7, 11) is 1.65. The Labute approximate surface area is 106 Å². The topological polar surface area (TPSA) is 62.3 Å². The third kappa shape index (κ3) is 2.68. The molecule has 0 aliphatic rings. The van der Waals surface area contributed by atoms with E-state index in [2.05, 4.69) is 20.3 Å². The number of aliphatic imine (C=N–C) groups is 1. The van der Waals surface area contributed by atoms with E-state index in [1.54, 1.807) is 26.0 Å². The fourth-order valence-corrected chi connectivity index (χ4v) is 1.60. The van der Waals surface area contributed by atoms with Gasteiger partial charge in [0.25, 0.3) is 0 Å². The maximum atomic E-state index is 5.36. The predicted molar refractivity (Wildman–Crippen MR) is 73.2 cm³/mol. The molecule has 0 fully saturated rings. The Kier molecular flexibility index (Phi) is 3.96. The number of rotatable bonds is 5. The summed E-state index contributed by atoms with van der Waals surface area (Å²) in [6.45, 7) is 2.73. The maximum Gasteiger partial charge on any atom is 0.142 e. The molecular formula is C13H16N4O. The Hall–Kier alpha value is -2.30. The average Bonchev–Trinajstić information content (AvgIpc) is 2.93. The van der Waals surface area contributed by atoms with Crippen LogP contribution in [0.25, 0.3) is 11.3 Å². The van der Waals surface area contributed by atoms with E-state index in [9.17, 15) is 0 Å². The highest BCUT2D eigenvalue weighted by atomic mass is 16.5. The van der Waals surface area contributed by atoms with E-state index in [1.165, 1.54) is 0 Å². The highest BCUT2D eigenvalue weighted by Crippen LogP contribution is 2.29. The van der Waals surface area contributed by atoms with Crippen molar-refractivity contribution in [2.75, 3.05) is 19.0 Å². The van der Waals surface area contributed by atoms with Gasteiger partial charge in [0.1, 0.15) is 5.75 Å². The number of aromatic amines is 1. The molecule has 1 aromatic carbocycles. The van der Waals surface area contributed by atoms with Crippen molar-refractivity contribution in [1.82, 2.24) is 9.97 Å². The van der Waals surface area contributed by atoms with Gasteiger partial charge in [-0.3, -0.25) is 4.99 Å². The monoisotopic (exact) mass is 244 g/mol. The first kappa shape index (κ1) is 12.2. The molecule has 0 amide bonds. The number of benzene rings is 1. The van der Waals surface area contributed by atoms with E-state index in [0.717, 1.165) is 29.2 Å². The first-order valence-corrected chi connectivity index (χ1v) is 5.76. The quantitative estimate of drug-likeness (QED) is 0.627. The molecule has 1 aromatic heterocycles. The molecule has 0 bridgehead atoms. The SMILES string of the molecule is CCN=CNc1ccc(-c2cnc[nH]2)cc1OC. The second-order valence-corrected chi connectivity index (χ2v) is 3.65. The molecule has 2 N–H and O–H groups in total. The molecule has 5 nitrogen and oxygen atoms in total. The zero-order valence-corrected chi connectivity index (χ0v) is 10.5. The van der Waals surface area contributed by atoms with Gasteiger partial charge in [0.05, 0.1) is 37.4 Å². The summed E-state index contributed by atoms with van der Waals surface area (Å²) in [6, 6.07) is 5.91. The fraction of sp³-hybridized carbons (Fsp3) is 0.231. The van der Waals surface area contributed by atoms with E-state index >= 15 is 0 Å². The van der Waals surface area contributed by atoms with Gasteiger partial charge in [-0.2, -0.15) is 0 Å². The van der Waals surface area contributed by atoms with Crippen LogP contribution < -0.4 is 10.1 Å². The highest BCUT2D eigenvalue weighted by molar-refractivity contribution is 5.80. The number of nitrogens with zero attached hydrogens (tertiary/aromatic N) is 2. The van der Waals surface area contributed by atoms with Crippen LogP contribution in [-0.2, 0) is 0 Å². The van der Waals surface area contributed by atoms with Crippen molar-refractivity contribution < 1.29 is 4.74 Å². The summed E-state index contributed by atoms with van der Waals surface area (Å²) in [4.78, 5) is 11.2. The normalized spacial score (nSPS) is 10.8. The zero-order chi connectivity index (χ0) is 12.8. The molecule has 0 radical (unpaired) electrons. The summed E-state index contributed by atoms with van der Waals surface area (Å²) >= 11 is 0. The number of imidazole rings is 1. The molecule has 0 saturated carbocycles. The second-order valence-electron chi connectivity index (χ2n) is 3.65. The number of H-pyrrole nitrogens is 1. The van der Waals surface area contributed by atoms with Gasteiger partial charge in [-0.15, -0.1) is 0 Å². The van der Waals surface area contributed by atoms with E-state index in [1.807, 2.05) is 25.1 Å². The molecule has 0 spiro atoms. The van der Waals surface area contributed by atoms with Gasteiger partial charge in [-0.05, 0) is 19.1 Å². The molecule has 2 rings (SSSR count). The van der Waals surface area contributed by atoms with E-state index in [-0.39, 0.29) is 0 Å². The number of methoxy groups -OCH3 is 1. The molecule has 0 saturated heterocycles. The molecule has 94 valence electrons. The van der Waals surface area contributed by atoms with Crippen molar-refractivity contribution in [2.45, 2.75) is 6.92 Å². The van der Waals surface area contributed by atoms with Crippen LogP contribution in [0.4, 0.5) is 5.69 Å². The van der Waals surface area contributed by atoms with Crippen molar-refractivity contribution in [1.29, 1.82) is 0 Å². The van der Waals surface area contributed by atoms with Crippen molar-refractivity contribution >= 4 is 12.0 Å². The number of aromatic nitrogens is 2. The Morgan fingerprint density at radius 2 is 2.39 bits per heavy atom. The van der Waals surface area contributed by atoms with Crippen molar-refractivity contribution in [3.05, 3.63) is 30.7 Å². The lowest BCUT2D eigenvalue weighted by molar-refractivity contribution is 0.417. The van der Waals surface area contributed by atoms with Gasteiger partial charge >= 0.3 is 0 Å². The Morgan fingerprint density at radius 1 is 1.50 bits per heavy atom. The largest absolute Gasteiger partial charge is 0.495 e. The Morgan fingerprint density at radius 3 is 3.06 bits per heavy atom. The first-order valence-electron chi connectivity index (χ1n) is 5.76. The summed E-state index contributed by atoms with van der Waals surface area (Å²) in [5.74, 6) is 0.768. The van der Waals surface area contributed by atoms with Crippen LogP contribution in [0.2, 0.25) is 0 Å². The van der Waals surface area contributed by atoms with Gasteiger partial charge in [0.2, 0.25) is 0 Å². The summed E-state index contributed by atoms with van der Waals surface area (Å²) < 4.78 is 5.36. The van der Waals surface area contributed by atoms with Crippen LogP contribution in [0.3, 0.4) is 0 Å². The highest BCUT2D eigenvalue weighted by Gasteiger charge is 2.05. The van der Waals surface area contributed by atoms with Gasteiger partial charge in [0, 0.05) is 12.1 Å². The lowest BCUT2D eigenvalue weighted by Gasteiger charge is -2.09. The van der Waals surface area contributed by atoms with E-state index < -0.39 is 0 Å². The second kappa shape index (κ2) is 5.86. The lowest BCUT2D eigenvalue weighted by atomic mass is 10.1. The number of hydrogen-bond donors (Lipinski definition) is 2. The Bertz CT molecular complexity index is 520. The first-order chi connectivity index (χ1) is 8.85. The molecule has 18 heavy (non-hydrogen) atoms.